The van der Waals surface area contributed by atoms with Crippen LogP contribution in [-0.2, 0) is 28.6 Å². The van der Waals surface area contributed by atoms with E-state index < -0.39 is 24.2 Å². The van der Waals surface area contributed by atoms with Gasteiger partial charge in [-0.15, -0.1) is 0 Å². The minimum atomic E-state index is -0.837. The van der Waals surface area contributed by atoms with E-state index in [4.69, 9.17) is 19.0 Å². The molecule has 7 aliphatic rings. The Morgan fingerprint density at radius 1 is 1.10 bits per heavy atom. The van der Waals surface area contributed by atoms with E-state index in [0.29, 0.717) is 36.3 Å². The SMILES string of the molecule is COC1C(CN2O[C@@H](CO)[C@@H]([C@H](C)O)[C@H]2C(=O)N[C@@H]2C[C@H]3C[C@@H]([C@@H]2C)C3(C)C)CCCC1C1CC2OCOC2C(C(=O)NCCN(C)C)C1. The summed E-state index contributed by atoms with van der Waals surface area (Å²) in [7, 11) is 5.75. The van der Waals surface area contributed by atoms with E-state index in [1.54, 1.807) is 19.1 Å². The van der Waals surface area contributed by atoms with Crippen LogP contribution in [0.25, 0.3) is 0 Å². The van der Waals surface area contributed by atoms with Gasteiger partial charge < -0.3 is 40.0 Å². The topological polar surface area (TPSA) is 142 Å². The van der Waals surface area contributed by atoms with Crippen molar-refractivity contribution in [2.45, 2.75) is 115 Å². The molecule has 0 aromatic rings. The first-order chi connectivity index (χ1) is 23.3. The van der Waals surface area contributed by atoms with Crippen LogP contribution in [0.15, 0.2) is 0 Å². The van der Waals surface area contributed by atoms with Gasteiger partial charge in [0.1, 0.15) is 18.9 Å². The molecule has 2 bridgehead atoms. The number of carbonyl (C=O) groups excluding carboxylic acids is 2. The number of fused-ring (bicyclic) bond motifs is 3. The minimum absolute atomic E-state index is 0.0278. The quantitative estimate of drug-likeness (QED) is 0.240. The van der Waals surface area contributed by atoms with Crippen molar-refractivity contribution in [2.24, 2.45) is 52.8 Å². The third-order valence-corrected chi connectivity index (χ3v) is 13.9. The van der Waals surface area contributed by atoms with E-state index in [1.807, 2.05) is 14.1 Å². The number of aliphatic hydroxyl groups excluding tert-OH is 2. The Labute approximate surface area is 293 Å². The number of hydrogen-bond acceptors (Lipinski definition) is 10. The number of hydrogen-bond donors (Lipinski definition) is 4. The fourth-order valence-corrected chi connectivity index (χ4v) is 11.1. The van der Waals surface area contributed by atoms with E-state index in [2.05, 4.69) is 36.3 Å². The highest BCUT2D eigenvalue weighted by Gasteiger charge is 2.58. The van der Waals surface area contributed by atoms with Crippen molar-refractivity contribution in [1.82, 2.24) is 20.6 Å². The molecule has 2 aliphatic heterocycles. The molecule has 15 atom stereocenters. The normalized spacial score (nSPS) is 43.9. The minimum Gasteiger partial charge on any atom is -0.394 e. The Bertz CT molecular complexity index is 1160. The second kappa shape index (κ2) is 15.3. The van der Waals surface area contributed by atoms with Crippen molar-refractivity contribution in [3.05, 3.63) is 0 Å². The molecule has 280 valence electrons. The lowest BCUT2D eigenvalue weighted by molar-refractivity contribution is -0.193. The van der Waals surface area contributed by atoms with Crippen molar-refractivity contribution in [3.8, 4) is 0 Å². The van der Waals surface area contributed by atoms with Gasteiger partial charge in [-0.05, 0) is 94.5 Å². The van der Waals surface area contributed by atoms with Crippen LogP contribution in [0.4, 0.5) is 0 Å². The standard InChI is InChI=1S/C37H64N4O8/c1-20-27-15-24(37(27,3)4)16-28(20)39-36(45)32-31(21(2)43)30(18-42)49-41(32)17-22-9-8-10-25(33(22)46-7)23-13-26(34-29(14-23)47-19-48-34)35(44)38-11-12-40(5)6/h20-34,42-43H,8-19H2,1-7H3,(H,38,44)(H,39,45)/t20-,21-,22?,23?,24+,25?,26?,27-,28+,29?,30-,31+,32-,33?,34?/m0/s1. The van der Waals surface area contributed by atoms with Crippen molar-refractivity contribution < 1.29 is 38.9 Å². The Kier molecular flexibility index (Phi) is 11.7. The van der Waals surface area contributed by atoms with Gasteiger partial charge in [-0.1, -0.05) is 27.2 Å². The molecule has 0 aromatic carbocycles. The van der Waals surface area contributed by atoms with Crippen molar-refractivity contribution >= 4 is 11.8 Å². The molecule has 7 rings (SSSR count). The van der Waals surface area contributed by atoms with E-state index in [0.717, 1.165) is 45.1 Å². The molecule has 12 nitrogen and oxygen atoms in total. The number of methoxy groups -OCH3 is 1. The Morgan fingerprint density at radius 2 is 1.88 bits per heavy atom. The van der Waals surface area contributed by atoms with Crippen molar-refractivity contribution in [1.29, 1.82) is 0 Å². The molecular weight excluding hydrogens is 628 g/mol. The Balaban J connectivity index is 1.16. The smallest absolute Gasteiger partial charge is 0.240 e. The summed E-state index contributed by atoms with van der Waals surface area (Å²) in [5.41, 5.74) is 0.312. The third kappa shape index (κ3) is 7.32. The van der Waals surface area contributed by atoms with Crippen LogP contribution in [0, 0.1) is 52.8 Å². The first-order valence-corrected chi connectivity index (χ1v) is 19.1. The lowest BCUT2D eigenvalue weighted by Gasteiger charge is -2.62. The highest BCUT2D eigenvalue weighted by Crippen LogP contribution is 2.61. The largest absolute Gasteiger partial charge is 0.394 e. The van der Waals surface area contributed by atoms with Gasteiger partial charge in [0, 0.05) is 44.6 Å². The number of nitrogens with one attached hydrogen (secondary N) is 2. The van der Waals surface area contributed by atoms with Gasteiger partial charge in [0.15, 0.2) is 0 Å². The number of ether oxygens (including phenoxy) is 3. The van der Waals surface area contributed by atoms with E-state index in [-0.39, 0.29) is 73.2 Å². The summed E-state index contributed by atoms with van der Waals surface area (Å²) in [6, 6.07) is -0.632. The number of nitrogens with zero attached hydrogens (tertiary/aromatic N) is 2. The predicted octanol–water partition coefficient (Wildman–Crippen LogP) is 2.02. The summed E-state index contributed by atoms with van der Waals surface area (Å²) in [6.45, 7) is 10.4. The van der Waals surface area contributed by atoms with Crippen molar-refractivity contribution in [2.75, 3.05) is 54.2 Å². The summed E-state index contributed by atoms with van der Waals surface area (Å²) in [5.74, 6) is 1.13. The fourth-order valence-electron chi connectivity index (χ4n) is 11.1. The van der Waals surface area contributed by atoms with E-state index >= 15 is 0 Å². The maximum atomic E-state index is 14.2. The Hall–Kier alpha value is -1.38. The molecule has 0 spiro atoms. The van der Waals surface area contributed by atoms with Crippen LogP contribution in [0.5, 0.6) is 0 Å². The number of carbonyl (C=O) groups is 2. The lowest BCUT2D eigenvalue weighted by atomic mass is 9.45. The summed E-state index contributed by atoms with van der Waals surface area (Å²) >= 11 is 0. The number of amides is 2. The average Bonchev–Trinajstić information content (AvgIpc) is 3.69. The zero-order valence-corrected chi connectivity index (χ0v) is 30.9. The van der Waals surface area contributed by atoms with Crippen LogP contribution in [0.3, 0.4) is 0 Å². The average molecular weight is 693 g/mol. The monoisotopic (exact) mass is 692 g/mol. The van der Waals surface area contributed by atoms with Crippen LogP contribution in [-0.4, -0.2) is 129 Å². The molecule has 0 aromatic heterocycles. The first kappa shape index (κ1) is 37.4. The predicted molar refractivity (Wildman–Crippen MR) is 183 cm³/mol. The highest BCUT2D eigenvalue weighted by molar-refractivity contribution is 5.83. The van der Waals surface area contributed by atoms with Gasteiger partial charge in [-0.3, -0.25) is 14.4 Å². The van der Waals surface area contributed by atoms with Gasteiger partial charge in [0.25, 0.3) is 0 Å². The first-order valence-electron chi connectivity index (χ1n) is 19.1. The number of likely N-dealkylation sites (N-methyl/N-ethyl adjacent to an activating group) is 1. The zero-order chi connectivity index (χ0) is 35.2. The van der Waals surface area contributed by atoms with Gasteiger partial charge in [0.2, 0.25) is 11.8 Å². The molecule has 2 amide bonds. The maximum Gasteiger partial charge on any atom is 0.240 e. The van der Waals surface area contributed by atoms with E-state index in [9.17, 15) is 19.8 Å². The van der Waals surface area contributed by atoms with Crippen LogP contribution in [0.2, 0.25) is 0 Å². The highest BCUT2D eigenvalue weighted by atomic mass is 16.7. The summed E-state index contributed by atoms with van der Waals surface area (Å²) in [5, 5.41) is 29.5. The molecule has 5 saturated carbocycles. The third-order valence-electron chi connectivity index (χ3n) is 13.9. The van der Waals surface area contributed by atoms with Gasteiger partial charge in [-0.2, -0.15) is 5.06 Å². The molecule has 5 aliphatic carbocycles. The molecule has 2 heterocycles. The molecule has 7 fully saturated rings. The molecular formula is C37H64N4O8. The van der Waals surface area contributed by atoms with Gasteiger partial charge in [0.05, 0.1) is 36.9 Å². The van der Waals surface area contributed by atoms with Crippen LogP contribution < -0.4 is 10.6 Å². The molecule has 2 saturated heterocycles. The molecule has 49 heavy (non-hydrogen) atoms. The fraction of sp³-hybridized carbons (Fsp3) is 0.946. The molecule has 7 unspecified atom stereocenters. The number of aliphatic hydroxyl groups is 2. The lowest BCUT2D eigenvalue weighted by Crippen LogP contribution is -2.62. The maximum absolute atomic E-state index is 14.2. The Morgan fingerprint density at radius 3 is 2.53 bits per heavy atom. The molecule has 12 heteroatoms. The van der Waals surface area contributed by atoms with Gasteiger partial charge in [-0.25, -0.2) is 0 Å². The summed E-state index contributed by atoms with van der Waals surface area (Å²) in [6.07, 6.45) is 4.68. The zero-order valence-electron chi connectivity index (χ0n) is 30.9. The summed E-state index contributed by atoms with van der Waals surface area (Å²) < 4.78 is 18.3. The molecule has 0 radical (unpaired) electrons. The van der Waals surface area contributed by atoms with Gasteiger partial charge >= 0.3 is 0 Å². The second-order valence-corrected chi connectivity index (χ2v) is 17.2. The summed E-state index contributed by atoms with van der Waals surface area (Å²) in [4.78, 5) is 36.1. The number of hydroxylamine groups is 2. The number of rotatable bonds is 12. The van der Waals surface area contributed by atoms with Crippen molar-refractivity contribution in [3.63, 3.8) is 0 Å². The van der Waals surface area contributed by atoms with Crippen LogP contribution >= 0.6 is 0 Å². The van der Waals surface area contributed by atoms with E-state index in [1.165, 1.54) is 6.42 Å². The molecule has 4 N–H and O–H groups in total. The van der Waals surface area contributed by atoms with Crippen LogP contribution in [0.1, 0.15) is 72.6 Å². The second-order valence-electron chi connectivity index (χ2n) is 17.2.